The lowest BCUT2D eigenvalue weighted by molar-refractivity contribution is -0.135. The zero-order valence-electron chi connectivity index (χ0n) is 17.6. The van der Waals surface area contributed by atoms with Crippen LogP contribution in [0, 0.1) is 0 Å². The van der Waals surface area contributed by atoms with Crippen LogP contribution in [-0.2, 0) is 20.7 Å². The molecule has 2 aromatic rings. The second-order valence-corrected chi connectivity index (χ2v) is 7.23. The van der Waals surface area contributed by atoms with Crippen LogP contribution < -0.4 is 15.0 Å². The van der Waals surface area contributed by atoms with Gasteiger partial charge in [0.05, 0.1) is 19.8 Å². The molecular weight excluding hydrogens is 382 g/mol. The van der Waals surface area contributed by atoms with Crippen molar-refractivity contribution in [2.75, 3.05) is 56.7 Å². The second kappa shape index (κ2) is 10.6. The van der Waals surface area contributed by atoms with Crippen LogP contribution in [0.25, 0.3) is 0 Å². The summed E-state index contributed by atoms with van der Waals surface area (Å²) in [5, 5.41) is 2.83. The Bertz CT molecular complexity index is 831. The monoisotopic (exact) mass is 411 g/mol. The summed E-state index contributed by atoms with van der Waals surface area (Å²) in [4.78, 5) is 28.1. The number of carbonyl (C=O) groups excluding carboxylic acids is 2. The van der Waals surface area contributed by atoms with Crippen molar-refractivity contribution in [1.29, 1.82) is 0 Å². The van der Waals surface area contributed by atoms with Crippen LogP contribution in [0.2, 0.25) is 0 Å². The number of aryl methyl sites for hydroxylation is 1. The van der Waals surface area contributed by atoms with E-state index in [1.54, 1.807) is 7.05 Å². The maximum atomic E-state index is 12.3. The maximum Gasteiger partial charge on any atom is 0.260 e. The Hall–Kier alpha value is -3.06. The number of nitrogens with one attached hydrogen (secondary N) is 1. The Morgan fingerprint density at radius 1 is 1.07 bits per heavy atom. The molecule has 1 fully saturated rings. The highest BCUT2D eigenvalue weighted by Crippen LogP contribution is 2.19. The highest BCUT2D eigenvalue weighted by molar-refractivity contribution is 5.94. The molecule has 1 heterocycles. The second-order valence-electron chi connectivity index (χ2n) is 7.23. The van der Waals surface area contributed by atoms with E-state index in [9.17, 15) is 9.59 Å². The van der Waals surface area contributed by atoms with Gasteiger partial charge in [0.2, 0.25) is 5.91 Å². The van der Waals surface area contributed by atoms with E-state index in [1.807, 2.05) is 48.5 Å². The van der Waals surface area contributed by atoms with Gasteiger partial charge in [0, 0.05) is 31.5 Å². The van der Waals surface area contributed by atoms with E-state index in [1.165, 1.54) is 10.5 Å². The molecule has 0 atom stereocenters. The molecule has 7 heteroatoms. The number of hydrogen-bond donors (Lipinski definition) is 1. The molecule has 30 heavy (non-hydrogen) atoms. The van der Waals surface area contributed by atoms with Crippen molar-refractivity contribution in [3.05, 3.63) is 54.1 Å². The topological polar surface area (TPSA) is 71.1 Å². The van der Waals surface area contributed by atoms with Crippen LogP contribution in [0.3, 0.4) is 0 Å². The van der Waals surface area contributed by atoms with Crippen LogP contribution in [-0.4, -0.2) is 63.2 Å². The number of likely N-dealkylation sites (N-methyl/N-ethyl adjacent to an activating group) is 1. The number of benzene rings is 2. The average molecular weight is 412 g/mol. The van der Waals surface area contributed by atoms with E-state index in [4.69, 9.17) is 9.47 Å². The summed E-state index contributed by atoms with van der Waals surface area (Å²) in [6, 6.07) is 15.3. The third-order valence-electron chi connectivity index (χ3n) is 5.03. The Morgan fingerprint density at radius 3 is 2.37 bits per heavy atom. The molecule has 7 nitrogen and oxygen atoms in total. The third kappa shape index (κ3) is 6.22. The van der Waals surface area contributed by atoms with Crippen LogP contribution >= 0.6 is 0 Å². The molecule has 2 amide bonds. The van der Waals surface area contributed by atoms with E-state index in [2.05, 4.69) is 17.1 Å². The highest BCUT2D eigenvalue weighted by atomic mass is 16.5. The minimum atomic E-state index is -0.257. The van der Waals surface area contributed by atoms with Gasteiger partial charge in [-0.3, -0.25) is 9.59 Å². The zero-order chi connectivity index (χ0) is 21.3. The van der Waals surface area contributed by atoms with E-state index in [0.29, 0.717) is 11.4 Å². The number of hydrogen-bond acceptors (Lipinski definition) is 5. The molecule has 0 radical (unpaired) electrons. The van der Waals surface area contributed by atoms with Crippen molar-refractivity contribution in [3.8, 4) is 5.75 Å². The number of ether oxygens (including phenoxy) is 2. The summed E-state index contributed by atoms with van der Waals surface area (Å²) in [6.45, 7) is 5.12. The van der Waals surface area contributed by atoms with Gasteiger partial charge in [-0.1, -0.05) is 19.1 Å². The normalized spacial score (nSPS) is 13.6. The standard InChI is InChI=1S/C23H29N3O4/c1-3-18-4-10-21(11-5-18)30-17-23(28)25(2)16-22(27)24-19-6-8-20(9-7-19)26-12-14-29-15-13-26/h4-11H,3,12-17H2,1-2H3,(H,24,27). The smallest absolute Gasteiger partial charge is 0.260 e. The number of rotatable bonds is 8. The van der Waals surface area contributed by atoms with Crippen LogP contribution in [0.4, 0.5) is 11.4 Å². The Labute approximate surface area is 177 Å². The number of anilines is 2. The van der Waals surface area contributed by atoms with E-state index in [-0.39, 0.29) is 25.0 Å². The lowest BCUT2D eigenvalue weighted by atomic mass is 10.2. The quantitative estimate of drug-likeness (QED) is 0.723. The summed E-state index contributed by atoms with van der Waals surface area (Å²) in [6.07, 6.45) is 0.951. The van der Waals surface area contributed by atoms with Crippen molar-refractivity contribution in [1.82, 2.24) is 4.90 Å². The summed E-state index contributed by atoms with van der Waals surface area (Å²) >= 11 is 0. The summed E-state index contributed by atoms with van der Waals surface area (Å²) < 4.78 is 10.9. The summed E-state index contributed by atoms with van der Waals surface area (Å²) in [7, 11) is 1.59. The van der Waals surface area contributed by atoms with E-state index in [0.717, 1.165) is 38.4 Å². The maximum absolute atomic E-state index is 12.3. The lowest BCUT2D eigenvalue weighted by Gasteiger charge is -2.28. The number of amides is 2. The van der Waals surface area contributed by atoms with Gasteiger partial charge in [0.15, 0.2) is 6.61 Å². The third-order valence-corrected chi connectivity index (χ3v) is 5.03. The molecule has 160 valence electrons. The van der Waals surface area contributed by atoms with E-state index < -0.39 is 0 Å². The fraction of sp³-hybridized carbons (Fsp3) is 0.391. The Kier molecular flexibility index (Phi) is 7.68. The minimum Gasteiger partial charge on any atom is -0.484 e. The molecule has 1 N–H and O–H groups in total. The summed E-state index contributed by atoms with van der Waals surface area (Å²) in [5.41, 5.74) is 3.01. The van der Waals surface area contributed by atoms with Crippen molar-refractivity contribution in [3.63, 3.8) is 0 Å². The number of carbonyl (C=O) groups is 2. The van der Waals surface area contributed by atoms with Gasteiger partial charge in [-0.25, -0.2) is 0 Å². The van der Waals surface area contributed by atoms with Gasteiger partial charge >= 0.3 is 0 Å². The molecule has 0 aromatic heterocycles. The van der Waals surface area contributed by atoms with Gasteiger partial charge in [-0.15, -0.1) is 0 Å². The SMILES string of the molecule is CCc1ccc(OCC(=O)N(C)CC(=O)Nc2ccc(N3CCOCC3)cc2)cc1. The average Bonchev–Trinajstić information content (AvgIpc) is 2.78. The highest BCUT2D eigenvalue weighted by Gasteiger charge is 2.15. The van der Waals surface area contributed by atoms with Gasteiger partial charge in [0.25, 0.3) is 5.91 Å². The first-order valence-corrected chi connectivity index (χ1v) is 10.2. The molecule has 1 aliphatic heterocycles. The molecule has 0 unspecified atom stereocenters. The van der Waals surface area contributed by atoms with Crippen LogP contribution in [0.15, 0.2) is 48.5 Å². The molecule has 0 aliphatic carbocycles. The fourth-order valence-electron chi connectivity index (χ4n) is 3.16. The first-order valence-electron chi connectivity index (χ1n) is 10.2. The van der Waals surface area contributed by atoms with Crippen LogP contribution in [0.5, 0.6) is 5.75 Å². The molecular formula is C23H29N3O4. The molecule has 0 bridgehead atoms. The Morgan fingerprint density at radius 2 is 1.73 bits per heavy atom. The van der Waals surface area contributed by atoms with Crippen molar-refractivity contribution in [2.24, 2.45) is 0 Å². The molecule has 1 saturated heterocycles. The van der Waals surface area contributed by atoms with Gasteiger partial charge in [-0.05, 0) is 48.4 Å². The first kappa shape index (κ1) is 21.6. The Balaban J connectivity index is 1.43. The molecule has 3 rings (SSSR count). The molecule has 2 aromatic carbocycles. The largest absolute Gasteiger partial charge is 0.484 e. The fourth-order valence-corrected chi connectivity index (χ4v) is 3.16. The van der Waals surface area contributed by atoms with Gasteiger partial charge in [-0.2, -0.15) is 0 Å². The first-order chi connectivity index (χ1) is 14.5. The number of morpholine rings is 1. The molecule has 1 aliphatic rings. The van der Waals surface area contributed by atoms with Crippen molar-refractivity contribution in [2.45, 2.75) is 13.3 Å². The predicted molar refractivity (Wildman–Crippen MR) is 117 cm³/mol. The summed E-state index contributed by atoms with van der Waals surface area (Å²) in [5.74, 6) is 0.128. The zero-order valence-corrected chi connectivity index (χ0v) is 17.6. The van der Waals surface area contributed by atoms with E-state index >= 15 is 0 Å². The predicted octanol–water partition coefficient (Wildman–Crippen LogP) is 2.56. The lowest BCUT2D eigenvalue weighted by Crippen LogP contribution is -2.37. The molecule has 0 spiro atoms. The van der Waals surface area contributed by atoms with Gasteiger partial charge in [0.1, 0.15) is 5.75 Å². The minimum absolute atomic E-state index is 0.0395. The van der Waals surface area contributed by atoms with Crippen LogP contribution in [0.1, 0.15) is 12.5 Å². The van der Waals surface area contributed by atoms with Gasteiger partial charge < -0.3 is 24.6 Å². The van der Waals surface area contributed by atoms with Crippen molar-refractivity contribution >= 4 is 23.2 Å². The number of nitrogens with zero attached hydrogens (tertiary/aromatic N) is 2. The van der Waals surface area contributed by atoms with Crippen molar-refractivity contribution < 1.29 is 19.1 Å². The molecule has 0 saturated carbocycles.